The maximum Gasteiger partial charge on any atom is 0.138 e. The average Bonchev–Trinajstić information content (AvgIpc) is 2.49. The summed E-state index contributed by atoms with van der Waals surface area (Å²) < 4.78 is 13.6. The van der Waals surface area contributed by atoms with Crippen LogP contribution in [0.2, 0.25) is 0 Å². The molecule has 0 bridgehead atoms. The second kappa shape index (κ2) is 7.74. The molecule has 2 rings (SSSR count). The second-order valence-electron chi connectivity index (χ2n) is 4.19. The van der Waals surface area contributed by atoms with Crippen molar-refractivity contribution in [1.29, 1.82) is 0 Å². The third kappa shape index (κ3) is 4.41. The van der Waals surface area contributed by atoms with Crippen molar-refractivity contribution in [1.82, 2.24) is 0 Å². The largest absolute Gasteiger partial charge is 0.395 e. The first-order valence-corrected chi connectivity index (χ1v) is 7.34. The van der Waals surface area contributed by atoms with E-state index in [1.165, 1.54) is 11.0 Å². The summed E-state index contributed by atoms with van der Waals surface area (Å²) in [6, 6.07) is 15.1. The quantitative estimate of drug-likeness (QED) is 0.680. The van der Waals surface area contributed by atoms with Gasteiger partial charge in [-0.25, -0.2) is 4.39 Å². The van der Waals surface area contributed by atoms with Gasteiger partial charge in [-0.3, -0.25) is 0 Å². The van der Waals surface area contributed by atoms with E-state index in [4.69, 9.17) is 5.11 Å². The van der Waals surface area contributed by atoms with E-state index in [1.807, 2.05) is 18.2 Å². The summed E-state index contributed by atoms with van der Waals surface area (Å²) in [7, 11) is 0. The summed E-state index contributed by atoms with van der Waals surface area (Å²) in [5.74, 6) is 5.97. The van der Waals surface area contributed by atoms with Gasteiger partial charge in [0.1, 0.15) is 5.82 Å². The SMILES string of the molecule is OCCC#Cc1cc(CSc2ccccc2)ccc1F. The van der Waals surface area contributed by atoms with Crippen LogP contribution in [0, 0.1) is 17.7 Å². The van der Waals surface area contributed by atoms with Gasteiger partial charge in [0, 0.05) is 17.1 Å². The first-order valence-electron chi connectivity index (χ1n) is 6.35. The smallest absolute Gasteiger partial charge is 0.138 e. The molecule has 0 aliphatic rings. The van der Waals surface area contributed by atoms with Gasteiger partial charge in [0.15, 0.2) is 0 Å². The molecule has 0 amide bonds. The van der Waals surface area contributed by atoms with Crippen molar-refractivity contribution >= 4 is 11.8 Å². The number of benzene rings is 2. The van der Waals surface area contributed by atoms with Crippen molar-refractivity contribution in [3.8, 4) is 11.8 Å². The zero-order chi connectivity index (χ0) is 14.2. The van der Waals surface area contributed by atoms with Crippen LogP contribution >= 0.6 is 11.8 Å². The fourth-order valence-electron chi connectivity index (χ4n) is 1.66. The van der Waals surface area contributed by atoms with Gasteiger partial charge in [-0.05, 0) is 29.8 Å². The summed E-state index contributed by atoms with van der Waals surface area (Å²) in [4.78, 5) is 1.18. The lowest BCUT2D eigenvalue weighted by Gasteiger charge is -2.03. The van der Waals surface area contributed by atoms with Gasteiger partial charge >= 0.3 is 0 Å². The van der Waals surface area contributed by atoms with Crippen molar-refractivity contribution < 1.29 is 9.50 Å². The molecule has 0 aromatic heterocycles. The number of aliphatic hydroxyl groups is 1. The van der Waals surface area contributed by atoms with Gasteiger partial charge < -0.3 is 5.11 Å². The zero-order valence-electron chi connectivity index (χ0n) is 11.0. The van der Waals surface area contributed by atoms with E-state index in [9.17, 15) is 4.39 Å². The number of thioether (sulfide) groups is 1. The van der Waals surface area contributed by atoms with E-state index in [1.54, 1.807) is 23.9 Å². The van der Waals surface area contributed by atoms with Crippen molar-refractivity contribution in [2.45, 2.75) is 17.1 Å². The molecule has 0 aliphatic heterocycles. The van der Waals surface area contributed by atoms with Crippen molar-refractivity contribution in [3.63, 3.8) is 0 Å². The molecule has 2 aromatic carbocycles. The van der Waals surface area contributed by atoms with Crippen LogP contribution in [0.1, 0.15) is 17.5 Å². The Morgan fingerprint density at radius 3 is 2.65 bits per heavy atom. The lowest BCUT2D eigenvalue weighted by Crippen LogP contribution is -1.88. The zero-order valence-corrected chi connectivity index (χ0v) is 11.8. The predicted octanol–water partition coefficient (Wildman–Crippen LogP) is 3.85. The monoisotopic (exact) mass is 286 g/mol. The molecule has 0 heterocycles. The Kier molecular flexibility index (Phi) is 5.67. The molecule has 0 atom stereocenters. The van der Waals surface area contributed by atoms with Gasteiger partial charge in [-0.15, -0.1) is 11.8 Å². The van der Waals surface area contributed by atoms with E-state index in [0.717, 1.165) is 11.3 Å². The van der Waals surface area contributed by atoms with Crippen LogP contribution in [0.5, 0.6) is 0 Å². The Morgan fingerprint density at radius 2 is 1.90 bits per heavy atom. The van der Waals surface area contributed by atoms with Crippen LogP contribution in [-0.4, -0.2) is 11.7 Å². The highest BCUT2D eigenvalue weighted by Gasteiger charge is 2.02. The fourth-order valence-corrected chi connectivity index (χ4v) is 2.52. The molecule has 2 aromatic rings. The van der Waals surface area contributed by atoms with Crippen molar-refractivity contribution in [2.75, 3.05) is 6.61 Å². The number of halogens is 1. The molecule has 0 radical (unpaired) electrons. The Balaban J connectivity index is 2.06. The Labute approximate surface area is 122 Å². The number of aliphatic hydroxyl groups excluding tert-OH is 1. The summed E-state index contributed by atoms with van der Waals surface area (Å²) in [5.41, 5.74) is 1.43. The standard InChI is InChI=1S/C17H15FOS/c18-17-10-9-14(12-15(17)6-4-5-11-19)13-20-16-7-2-1-3-8-16/h1-3,7-10,12,19H,5,11,13H2. The highest BCUT2D eigenvalue weighted by molar-refractivity contribution is 7.98. The van der Waals surface area contributed by atoms with E-state index in [2.05, 4.69) is 24.0 Å². The predicted molar refractivity (Wildman–Crippen MR) is 81.0 cm³/mol. The Bertz CT molecular complexity index is 614. The number of hydrogen-bond acceptors (Lipinski definition) is 2. The van der Waals surface area contributed by atoms with E-state index < -0.39 is 0 Å². The van der Waals surface area contributed by atoms with E-state index >= 15 is 0 Å². The normalized spacial score (nSPS) is 9.90. The van der Waals surface area contributed by atoms with Gasteiger partial charge in [0.05, 0.1) is 12.2 Å². The molecule has 20 heavy (non-hydrogen) atoms. The lowest BCUT2D eigenvalue weighted by atomic mass is 10.1. The maximum absolute atomic E-state index is 13.6. The molecule has 1 N–H and O–H groups in total. The Morgan fingerprint density at radius 1 is 1.10 bits per heavy atom. The maximum atomic E-state index is 13.6. The summed E-state index contributed by atoms with van der Waals surface area (Å²) in [6.45, 7) is -0.00182. The Hall–Kier alpha value is -1.76. The molecule has 0 spiro atoms. The van der Waals surface area contributed by atoms with Crippen LogP contribution in [0.15, 0.2) is 53.4 Å². The lowest BCUT2D eigenvalue weighted by molar-refractivity contribution is 0.305. The van der Waals surface area contributed by atoms with Gasteiger partial charge in [-0.1, -0.05) is 36.1 Å². The average molecular weight is 286 g/mol. The van der Waals surface area contributed by atoms with E-state index in [-0.39, 0.29) is 12.4 Å². The minimum Gasteiger partial charge on any atom is -0.395 e. The minimum absolute atomic E-state index is 0.00182. The molecule has 0 unspecified atom stereocenters. The van der Waals surface area contributed by atoms with Crippen molar-refractivity contribution in [2.24, 2.45) is 0 Å². The molecule has 0 saturated heterocycles. The third-order valence-corrected chi connectivity index (χ3v) is 3.72. The fraction of sp³-hybridized carbons (Fsp3) is 0.176. The third-order valence-electron chi connectivity index (χ3n) is 2.64. The summed E-state index contributed by atoms with van der Waals surface area (Å²) in [6.07, 6.45) is 0.364. The second-order valence-corrected chi connectivity index (χ2v) is 5.24. The summed E-state index contributed by atoms with van der Waals surface area (Å²) in [5, 5.41) is 8.68. The molecule has 0 aliphatic carbocycles. The van der Waals surface area contributed by atoms with Crippen LogP contribution in [0.4, 0.5) is 4.39 Å². The van der Waals surface area contributed by atoms with Crippen LogP contribution < -0.4 is 0 Å². The highest BCUT2D eigenvalue weighted by atomic mass is 32.2. The number of rotatable bonds is 4. The van der Waals surface area contributed by atoms with Crippen LogP contribution in [0.25, 0.3) is 0 Å². The van der Waals surface area contributed by atoms with Gasteiger partial charge in [0.2, 0.25) is 0 Å². The molecular weight excluding hydrogens is 271 g/mol. The number of hydrogen-bond donors (Lipinski definition) is 1. The molecule has 1 nitrogen and oxygen atoms in total. The summed E-state index contributed by atoms with van der Waals surface area (Å²) >= 11 is 1.71. The van der Waals surface area contributed by atoms with Crippen LogP contribution in [-0.2, 0) is 5.75 Å². The van der Waals surface area contributed by atoms with Gasteiger partial charge in [0.25, 0.3) is 0 Å². The molecule has 102 valence electrons. The van der Waals surface area contributed by atoms with Crippen molar-refractivity contribution in [3.05, 3.63) is 65.5 Å². The highest BCUT2D eigenvalue weighted by Crippen LogP contribution is 2.23. The van der Waals surface area contributed by atoms with Crippen LogP contribution in [0.3, 0.4) is 0 Å². The molecule has 0 saturated carbocycles. The first kappa shape index (κ1) is 14.6. The minimum atomic E-state index is -0.316. The van der Waals surface area contributed by atoms with Gasteiger partial charge in [-0.2, -0.15) is 0 Å². The first-order chi connectivity index (χ1) is 9.79. The molecular formula is C17H15FOS. The molecule has 0 fully saturated rings. The molecule has 3 heteroatoms. The van der Waals surface area contributed by atoms with E-state index in [0.29, 0.717) is 12.0 Å². The topological polar surface area (TPSA) is 20.2 Å².